The molecular weight excluding hydrogens is 196 g/mol. The minimum Gasteiger partial charge on any atom is -0.392 e. The molecule has 0 aliphatic heterocycles. The van der Waals surface area contributed by atoms with Gasteiger partial charge in [0.15, 0.2) is 0 Å². The highest BCUT2D eigenvalue weighted by Gasteiger charge is 2.12. The van der Waals surface area contributed by atoms with Crippen LogP contribution in [0.2, 0.25) is 0 Å². The van der Waals surface area contributed by atoms with Crippen molar-refractivity contribution in [3.8, 4) is 0 Å². The molecule has 0 heterocycles. The number of allylic oxidation sites excluding steroid dienone is 5. The lowest BCUT2D eigenvalue weighted by molar-refractivity contribution is 0.325. The Morgan fingerprint density at radius 1 is 1.31 bits per heavy atom. The lowest BCUT2D eigenvalue weighted by atomic mass is 9.87. The predicted molar refractivity (Wildman–Crippen MR) is 70.3 cm³/mol. The van der Waals surface area contributed by atoms with E-state index >= 15 is 0 Å². The van der Waals surface area contributed by atoms with Gasteiger partial charge in [-0.1, -0.05) is 43.7 Å². The maximum atomic E-state index is 9.27. The fraction of sp³-hybridized carbons (Fsp3) is 0.600. The molecule has 0 aromatic rings. The van der Waals surface area contributed by atoms with Gasteiger partial charge in [-0.05, 0) is 43.6 Å². The first kappa shape index (κ1) is 13.2. The molecule has 0 saturated heterocycles. The van der Waals surface area contributed by atoms with Gasteiger partial charge >= 0.3 is 0 Å². The number of hydrogen-bond acceptors (Lipinski definition) is 1. The van der Waals surface area contributed by atoms with Crippen molar-refractivity contribution in [1.82, 2.24) is 0 Å². The van der Waals surface area contributed by atoms with Gasteiger partial charge in [-0.3, -0.25) is 0 Å². The zero-order valence-electron chi connectivity index (χ0n) is 10.8. The summed E-state index contributed by atoms with van der Waals surface area (Å²) in [6, 6.07) is 0. The third-order valence-electron chi connectivity index (χ3n) is 3.09. The monoisotopic (exact) mass is 220 g/mol. The average Bonchev–Trinajstić information content (AvgIpc) is 2.24. The molecule has 1 aliphatic rings. The third kappa shape index (κ3) is 4.80. The normalized spacial score (nSPS) is 30.5. The minimum atomic E-state index is 0.199. The summed E-state index contributed by atoms with van der Waals surface area (Å²) in [5.74, 6) is 0. The van der Waals surface area contributed by atoms with Gasteiger partial charge in [0.25, 0.3) is 0 Å². The quantitative estimate of drug-likeness (QED) is 0.662. The summed E-state index contributed by atoms with van der Waals surface area (Å²) in [7, 11) is 0. The molecule has 1 nitrogen and oxygen atoms in total. The van der Waals surface area contributed by atoms with Gasteiger partial charge in [0.05, 0.1) is 6.61 Å². The van der Waals surface area contributed by atoms with Crippen molar-refractivity contribution in [3.05, 3.63) is 35.5 Å². The second-order valence-corrected chi connectivity index (χ2v) is 5.41. The highest BCUT2D eigenvalue weighted by Crippen LogP contribution is 2.25. The van der Waals surface area contributed by atoms with Crippen molar-refractivity contribution in [1.29, 1.82) is 0 Å². The smallest absolute Gasteiger partial charge is 0.0641 e. The zero-order chi connectivity index (χ0) is 12.0. The molecule has 0 saturated carbocycles. The van der Waals surface area contributed by atoms with E-state index in [1.54, 1.807) is 0 Å². The largest absolute Gasteiger partial charge is 0.392 e. The van der Waals surface area contributed by atoms with Crippen LogP contribution in [0.3, 0.4) is 0 Å². The maximum absolute atomic E-state index is 9.27. The minimum absolute atomic E-state index is 0.199. The van der Waals surface area contributed by atoms with E-state index in [-0.39, 0.29) is 12.0 Å². The van der Waals surface area contributed by atoms with E-state index in [9.17, 15) is 5.11 Å². The molecule has 90 valence electrons. The van der Waals surface area contributed by atoms with Gasteiger partial charge in [-0.25, -0.2) is 0 Å². The van der Waals surface area contributed by atoms with Crippen molar-refractivity contribution in [2.24, 2.45) is 5.41 Å². The highest BCUT2D eigenvalue weighted by atomic mass is 16.3. The molecule has 1 N–H and O–H groups in total. The summed E-state index contributed by atoms with van der Waals surface area (Å²) in [5, 5.41) is 9.27. The Balaban J connectivity index is 2.82. The van der Waals surface area contributed by atoms with E-state index in [0.717, 1.165) is 25.7 Å². The standard InChI is InChI=1S/C15H24O/c1-13-6-4-8-14(12-16)9-11-15(2,3)10-5-7-13/h5-6,9-10,16H,4,7-8,11-12H2,1-3H3/b10-5-,13-6+,14-9+. The summed E-state index contributed by atoms with van der Waals surface area (Å²) >= 11 is 0. The Hall–Kier alpha value is -0.820. The number of hydrogen-bond donors (Lipinski definition) is 1. The molecule has 0 bridgehead atoms. The number of aliphatic hydroxyl groups is 1. The summed E-state index contributed by atoms with van der Waals surface area (Å²) in [6.45, 7) is 6.86. The van der Waals surface area contributed by atoms with Crippen molar-refractivity contribution >= 4 is 0 Å². The number of aliphatic hydroxyl groups excluding tert-OH is 1. The lowest BCUT2D eigenvalue weighted by Gasteiger charge is -2.18. The van der Waals surface area contributed by atoms with Crippen LogP contribution >= 0.6 is 0 Å². The van der Waals surface area contributed by atoms with Gasteiger partial charge in [0.1, 0.15) is 0 Å². The number of rotatable bonds is 1. The third-order valence-corrected chi connectivity index (χ3v) is 3.09. The van der Waals surface area contributed by atoms with E-state index in [1.807, 2.05) is 0 Å². The Morgan fingerprint density at radius 2 is 2.06 bits per heavy atom. The second kappa shape index (κ2) is 6.05. The Kier molecular flexibility index (Phi) is 5.01. The zero-order valence-corrected chi connectivity index (χ0v) is 10.8. The molecule has 0 unspecified atom stereocenters. The molecule has 1 rings (SSSR count). The topological polar surface area (TPSA) is 20.2 Å². The van der Waals surface area contributed by atoms with E-state index in [2.05, 4.69) is 45.1 Å². The molecule has 0 radical (unpaired) electrons. The summed E-state index contributed by atoms with van der Waals surface area (Å²) < 4.78 is 0. The van der Waals surface area contributed by atoms with E-state index in [1.165, 1.54) is 11.1 Å². The van der Waals surface area contributed by atoms with Crippen LogP contribution < -0.4 is 0 Å². The molecule has 0 fully saturated rings. The van der Waals surface area contributed by atoms with Crippen LogP contribution in [0.4, 0.5) is 0 Å². The van der Waals surface area contributed by atoms with Crippen LogP contribution in [-0.4, -0.2) is 11.7 Å². The van der Waals surface area contributed by atoms with Gasteiger partial charge in [0, 0.05) is 0 Å². The van der Waals surface area contributed by atoms with Gasteiger partial charge in [-0.2, -0.15) is 0 Å². The Bertz CT molecular complexity index is 305. The fourth-order valence-corrected chi connectivity index (χ4v) is 1.87. The SMILES string of the molecule is C/C1=C\CC/C(CO)=C\CC(C)(C)/C=C\C1. The molecule has 1 heteroatoms. The maximum Gasteiger partial charge on any atom is 0.0641 e. The fourth-order valence-electron chi connectivity index (χ4n) is 1.87. The average molecular weight is 220 g/mol. The molecule has 0 amide bonds. The van der Waals surface area contributed by atoms with Crippen LogP contribution in [-0.2, 0) is 0 Å². The van der Waals surface area contributed by atoms with Crippen LogP contribution in [0.25, 0.3) is 0 Å². The summed E-state index contributed by atoms with van der Waals surface area (Å²) in [5.41, 5.74) is 2.80. The highest BCUT2D eigenvalue weighted by molar-refractivity contribution is 5.13. The lowest BCUT2D eigenvalue weighted by Crippen LogP contribution is -2.06. The molecule has 0 spiro atoms. The van der Waals surface area contributed by atoms with Gasteiger partial charge < -0.3 is 5.11 Å². The molecule has 0 aromatic heterocycles. The Morgan fingerprint density at radius 3 is 2.75 bits per heavy atom. The van der Waals surface area contributed by atoms with Crippen LogP contribution in [0.5, 0.6) is 0 Å². The van der Waals surface area contributed by atoms with Crippen molar-refractivity contribution < 1.29 is 5.11 Å². The van der Waals surface area contributed by atoms with Gasteiger partial charge in [-0.15, -0.1) is 0 Å². The first-order valence-electron chi connectivity index (χ1n) is 6.15. The Labute approximate surface area is 99.6 Å². The van der Waals surface area contributed by atoms with Gasteiger partial charge in [0.2, 0.25) is 0 Å². The summed E-state index contributed by atoms with van der Waals surface area (Å²) in [6.07, 6.45) is 13.2. The summed E-state index contributed by atoms with van der Waals surface area (Å²) in [4.78, 5) is 0. The van der Waals surface area contributed by atoms with E-state index in [4.69, 9.17) is 0 Å². The van der Waals surface area contributed by atoms with Crippen LogP contribution in [0.15, 0.2) is 35.5 Å². The van der Waals surface area contributed by atoms with E-state index in [0.29, 0.717) is 0 Å². The van der Waals surface area contributed by atoms with E-state index < -0.39 is 0 Å². The van der Waals surface area contributed by atoms with Crippen molar-refractivity contribution in [2.75, 3.05) is 6.61 Å². The first-order chi connectivity index (χ1) is 7.53. The first-order valence-corrected chi connectivity index (χ1v) is 6.15. The predicted octanol–water partition coefficient (Wildman–Crippen LogP) is 4.01. The molecule has 16 heavy (non-hydrogen) atoms. The molecule has 0 atom stereocenters. The molecular formula is C15H24O. The van der Waals surface area contributed by atoms with Crippen LogP contribution in [0.1, 0.15) is 46.5 Å². The molecule has 0 aromatic carbocycles. The second-order valence-electron chi connectivity index (χ2n) is 5.41. The van der Waals surface area contributed by atoms with Crippen molar-refractivity contribution in [3.63, 3.8) is 0 Å². The van der Waals surface area contributed by atoms with Crippen LogP contribution in [0, 0.1) is 5.41 Å². The van der Waals surface area contributed by atoms with Crippen molar-refractivity contribution in [2.45, 2.75) is 46.5 Å². The molecule has 1 aliphatic carbocycles.